The van der Waals surface area contributed by atoms with Crippen LogP contribution in [0.4, 0.5) is 0 Å². The van der Waals surface area contributed by atoms with Crippen LogP contribution in [0, 0.1) is 0 Å². The fraction of sp³-hybridized carbons (Fsp3) is 0.600. The van der Waals surface area contributed by atoms with E-state index in [-0.39, 0.29) is 6.54 Å². The summed E-state index contributed by atoms with van der Waals surface area (Å²) < 4.78 is 0. The summed E-state index contributed by atoms with van der Waals surface area (Å²) in [5, 5.41) is 10.6. The molecule has 1 atom stereocenters. The van der Waals surface area contributed by atoms with Crippen LogP contribution < -0.4 is 5.73 Å². The summed E-state index contributed by atoms with van der Waals surface area (Å²) in [4.78, 5) is 0. The Labute approximate surface area is 115 Å². The highest BCUT2D eigenvalue weighted by Gasteiger charge is 2.26. The van der Waals surface area contributed by atoms with Gasteiger partial charge in [0.05, 0.1) is 0 Å². The predicted octanol–water partition coefficient (Wildman–Crippen LogP) is 3.15. The number of unbranched alkanes of at least 4 members (excludes halogenated alkanes) is 2. The summed E-state index contributed by atoms with van der Waals surface area (Å²) >= 11 is 1.91. The summed E-state index contributed by atoms with van der Waals surface area (Å²) in [6.45, 7) is 2.50. The van der Waals surface area contributed by atoms with Gasteiger partial charge in [-0.3, -0.25) is 0 Å². The maximum absolute atomic E-state index is 10.6. The van der Waals surface area contributed by atoms with Gasteiger partial charge in [0, 0.05) is 6.54 Å². The molecule has 0 aliphatic carbocycles. The standard InChI is InChI=1S/C15H25NOS/c1-2-3-7-11-18-12-10-15(17,13-16)14-8-5-4-6-9-14/h4-6,8-9,17H,2-3,7,10-13,16H2,1H3. The van der Waals surface area contributed by atoms with Gasteiger partial charge in [-0.15, -0.1) is 0 Å². The molecule has 3 heteroatoms. The van der Waals surface area contributed by atoms with Crippen molar-refractivity contribution in [3.8, 4) is 0 Å². The van der Waals surface area contributed by atoms with Crippen LogP contribution in [-0.4, -0.2) is 23.2 Å². The van der Waals surface area contributed by atoms with Gasteiger partial charge in [-0.05, 0) is 29.9 Å². The quantitative estimate of drug-likeness (QED) is 0.676. The number of benzene rings is 1. The van der Waals surface area contributed by atoms with Gasteiger partial charge in [-0.2, -0.15) is 11.8 Å². The van der Waals surface area contributed by atoms with E-state index in [1.807, 2.05) is 42.1 Å². The van der Waals surface area contributed by atoms with Crippen LogP contribution in [0.15, 0.2) is 30.3 Å². The van der Waals surface area contributed by atoms with Crippen LogP contribution >= 0.6 is 11.8 Å². The largest absolute Gasteiger partial charge is 0.384 e. The molecule has 0 fully saturated rings. The molecule has 0 aliphatic heterocycles. The lowest BCUT2D eigenvalue weighted by molar-refractivity contribution is 0.0431. The molecule has 102 valence electrons. The summed E-state index contributed by atoms with van der Waals surface area (Å²) in [5.74, 6) is 2.15. The van der Waals surface area contributed by atoms with Gasteiger partial charge < -0.3 is 10.8 Å². The van der Waals surface area contributed by atoms with Crippen molar-refractivity contribution in [2.24, 2.45) is 5.73 Å². The average Bonchev–Trinajstić information content (AvgIpc) is 2.43. The van der Waals surface area contributed by atoms with Crippen molar-refractivity contribution in [1.82, 2.24) is 0 Å². The first-order valence-corrected chi connectivity index (χ1v) is 7.94. The normalized spacial score (nSPS) is 14.4. The zero-order chi connectivity index (χ0) is 13.3. The molecule has 1 rings (SSSR count). The smallest absolute Gasteiger partial charge is 0.103 e. The molecule has 0 spiro atoms. The number of thioether (sulfide) groups is 1. The second-order valence-corrected chi connectivity index (χ2v) is 5.90. The van der Waals surface area contributed by atoms with E-state index in [0.29, 0.717) is 0 Å². The van der Waals surface area contributed by atoms with E-state index < -0.39 is 5.60 Å². The summed E-state index contributed by atoms with van der Waals surface area (Å²) in [7, 11) is 0. The van der Waals surface area contributed by atoms with Gasteiger partial charge in [-0.25, -0.2) is 0 Å². The molecule has 1 unspecified atom stereocenters. The number of nitrogens with two attached hydrogens (primary N) is 1. The van der Waals surface area contributed by atoms with E-state index >= 15 is 0 Å². The molecular weight excluding hydrogens is 242 g/mol. The maximum atomic E-state index is 10.6. The van der Waals surface area contributed by atoms with Gasteiger partial charge in [-0.1, -0.05) is 50.1 Å². The van der Waals surface area contributed by atoms with Crippen molar-refractivity contribution in [3.05, 3.63) is 35.9 Å². The molecule has 0 bridgehead atoms. The third-order valence-electron chi connectivity index (χ3n) is 3.20. The van der Waals surface area contributed by atoms with Crippen molar-refractivity contribution < 1.29 is 5.11 Å². The minimum atomic E-state index is -0.862. The van der Waals surface area contributed by atoms with E-state index in [2.05, 4.69) is 6.92 Å². The van der Waals surface area contributed by atoms with Crippen LogP contribution in [0.3, 0.4) is 0 Å². The number of hydrogen-bond donors (Lipinski definition) is 2. The van der Waals surface area contributed by atoms with Crippen molar-refractivity contribution in [2.45, 2.75) is 38.2 Å². The van der Waals surface area contributed by atoms with Crippen LogP contribution in [-0.2, 0) is 5.60 Å². The molecule has 0 heterocycles. The summed E-state index contributed by atoms with van der Waals surface area (Å²) in [6.07, 6.45) is 4.56. The Morgan fingerprint density at radius 1 is 1.17 bits per heavy atom. The molecule has 1 aromatic rings. The maximum Gasteiger partial charge on any atom is 0.103 e. The molecule has 0 amide bonds. The molecule has 0 aliphatic rings. The lowest BCUT2D eigenvalue weighted by Crippen LogP contribution is -2.35. The Balaban J connectivity index is 2.37. The Morgan fingerprint density at radius 2 is 1.89 bits per heavy atom. The second kappa shape index (κ2) is 8.57. The fourth-order valence-corrected chi connectivity index (χ4v) is 3.00. The molecule has 2 nitrogen and oxygen atoms in total. The summed E-state index contributed by atoms with van der Waals surface area (Å²) in [5.41, 5.74) is 5.81. The molecule has 0 aromatic heterocycles. The Bertz CT molecular complexity index is 318. The second-order valence-electron chi connectivity index (χ2n) is 4.67. The highest BCUT2D eigenvalue weighted by atomic mass is 32.2. The van der Waals surface area contributed by atoms with Gasteiger partial charge in [0.2, 0.25) is 0 Å². The lowest BCUT2D eigenvalue weighted by Gasteiger charge is -2.27. The van der Waals surface area contributed by atoms with Crippen LogP contribution in [0.5, 0.6) is 0 Å². The monoisotopic (exact) mass is 267 g/mol. The van der Waals surface area contributed by atoms with Crippen LogP contribution in [0.25, 0.3) is 0 Å². The summed E-state index contributed by atoms with van der Waals surface area (Å²) in [6, 6.07) is 9.76. The molecular formula is C15H25NOS. The zero-order valence-electron chi connectivity index (χ0n) is 11.3. The number of aliphatic hydroxyl groups is 1. The number of hydrogen-bond acceptors (Lipinski definition) is 3. The SMILES string of the molecule is CCCCCSCCC(O)(CN)c1ccccc1. The third-order valence-corrected chi connectivity index (χ3v) is 4.27. The Hall–Kier alpha value is -0.510. The van der Waals surface area contributed by atoms with Crippen molar-refractivity contribution in [3.63, 3.8) is 0 Å². The van der Waals surface area contributed by atoms with Gasteiger partial charge in [0.1, 0.15) is 5.60 Å². The zero-order valence-corrected chi connectivity index (χ0v) is 12.1. The molecule has 0 radical (unpaired) electrons. The molecule has 0 saturated heterocycles. The van der Waals surface area contributed by atoms with E-state index in [1.165, 1.54) is 25.0 Å². The number of rotatable bonds is 9. The van der Waals surface area contributed by atoms with Gasteiger partial charge in [0.25, 0.3) is 0 Å². The first-order valence-electron chi connectivity index (χ1n) is 6.78. The van der Waals surface area contributed by atoms with E-state index in [1.54, 1.807) is 0 Å². The Kier molecular flexibility index (Phi) is 7.40. The average molecular weight is 267 g/mol. The first kappa shape index (κ1) is 15.5. The lowest BCUT2D eigenvalue weighted by atomic mass is 9.91. The van der Waals surface area contributed by atoms with Gasteiger partial charge in [0.15, 0.2) is 0 Å². The van der Waals surface area contributed by atoms with Crippen molar-refractivity contribution in [2.75, 3.05) is 18.1 Å². The highest BCUT2D eigenvalue weighted by Crippen LogP contribution is 2.25. The Morgan fingerprint density at radius 3 is 2.50 bits per heavy atom. The molecule has 18 heavy (non-hydrogen) atoms. The van der Waals surface area contributed by atoms with Crippen LogP contribution in [0.2, 0.25) is 0 Å². The van der Waals surface area contributed by atoms with Gasteiger partial charge >= 0.3 is 0 Å². The fourth-order valence-electron chi connectivity index (χ4n) is 1.91. The minimum Gasteiger partial charge on any atom is -0.384 e. The van der Waals surface area contributed by atoms with E-state index in [0.717, 1.165) is 17.7 Å². The molecule has 0 saturated carbocycles. The van der Waals surface area contributed by atoms with E-state index in [4.69, 9.17) is 5.73 Å². The molecule has 3 N–H and O–H groups in total. The van der Waals surface area contributed by atoms with Crippen molar-refractivity contribution in [1.29, 1.82) is 0 Å². The topological polar surface area (TPSA) is 46.2 Å². The highest BCUT2D eigenvalue weighted by molar-refractivity contribution is 7.99. The van der Waals surface area contributed by atoms with Crippen LogP contribution in [0.1, 0.15) is 38.2 Å². The van der Waals surface area contributed by atoms with Crippen molar-refractivity contribution >= 4 is 11.8 Å². The predicted molar refractivity (Wildman–Crippen MR) is 80.9 cm³/mol. The minimum absolute atomic E-state index is 0.284. The third kappa shape index (κ3) is 5.01. The molecule has 1 aromatic carbocycles. The van der Waals surface area contributed by atoms with E-state index in [9.17, 15) is 5.11 Å². The first-order chi connectivity index (χ1) is 8.73.